The van der Waals surface area contributed by atoms with Crippen molar-refractivity contribution in [3.63, 3.8) is 0 Å². The second-order valence-corrected chi connectivity index (χ2v) is 6.83. The highest BCUT2D eigenvalue weighted by molar-refractivity contribution is 5.52. The average Bonchev–Trinajstić information content (AvgIpc) is 2.59. The molecule has 0 bridgehead atoms. The van der Waals surface area contributed by atoms with E-state index in [-0.39, 0.29) is 0 Å². The smallest absolute Gasteiger partial charge is 0.134 e. The summed E-state index contributed by atoms with van der Waals surface area (Å²) >= 11 is 0. The normalized spacial score (nSPS) is 11.0. The Morgan fingerprint density at radius 3 is 2.08 bits per heavy atom. The Balaban J connectivity index is 2.34. The molecule has 4 nitrogen and oxygen atoms in total. The molecule has 0 saturated heterocycles. The summed E-state index contributed by atoms with van der Waals surface area (Å²) in [6.07, 6.45) is 2.24. The van der Waals surface area contributed by atoms with E-state index in [0.717, 1.165) is 49.9 Å². The maximum absolute atomic E-state index is 4.74. The third-order valence-electron chi connectivity index (χ3n) is 4.24. The van der Waals surface area contributed by atoms with Crippen LogP contribution >= 0.6 is 0 Å². The van der Waals surface area contributed by atoms with Crippen LogP contribution < -0.4 is 9.80 Å². The monoisotopic (exact) mass is 340 g/mol. The molecule has 0 atom stereocenters. The van der Waals surface area contributed by atoms with Crippen molar-refractivity contribution < 1.29 is 0 Å². The molecular formula is C21H32N4. The molecule has 1 heterocycles. The Morgan fingerprint density at radius 1 is 0.920 bits per heavy atom. The summed E-state index contributed by atoms with van der Waals surface area (Å²) in [6.45, 7) is 13.8. The zero-order chi connectivity index (χ0) is 18.2. The van der Waals surface area contributed by atoms with E-state index in [1.807, 2.05) is 6.92 Å². The fourth-order valence-electron chi connectivity index (χ4n) is 3.03. The minimum Gasteiger partial charge on any atom is -0.356 e. The average molecular weight is 341 g/mol. The van der Waals surface area contributed by atoms with Gasteiger partial charge in [0.15, 0.2) is 0 Å². The van der Waals surface area contributed by atoms with Crippen molar-refractivity contribution in [3.8, 4) is 0 Å². The van der Waals surface area contributed by atoms with Crippen LogP contribution in [0.2, 0.25) is 0 Å². The Kier molecular flexibility index (Phi) is 7.23. The van der Waals surface area contributed by atoms with E-state index < -0.39 is 0 Å². The first-order chi connectivity index (χ1) is 12.0. The quantitative estimate of drug-likeness (QED) is 0.655. The lowest BCUT2D eigenvalue weighted by Crippen LogP contribution is -2.32. The Morgan fingerprint density at radius 2 is 1.52 bits per heavy atom. The number of rotatable bonds is 9. The number of hydrogen-bond donors (Lipinski definition) is 0. The van der Waals surface area contributed by atoms with Gasteiger partial charge in [-0.2, -0.15) is 0 Å². The standard InChI is InChI=1S/C21H32N4/c1-6-13-24(14-7-2)20-15-21(23-18(5)22-20)25(17(3)4)16-19-11-9-8-10-12-19/h8-12,15,17H,6-7,13-14,16H2,1-5H3. The lowest BCUT2D eigenvalue weighted by molar-refractivity contribution is 0.666. The van der Waals surface area contributed by atoms with Gasteiger partial charge in [-0.1, -0.05) is 44.2 Å². The number of anilines is 2. The van der Waals surface area contributed by atoms with Crippen LogP contribution in [-0.2, 0) is 6.54 Å². The van der Waals surface area contributed by atoms with Crippen molar-refractivity contribution in [1.29, 1.82) is 0 Å². The molecule has 1 aromatic heterocycles. The number of benzene rings is 1. The lowest BCUT2D eigenvalue weighted by atomic mass is 10.2. The van der Waals surface area contributed by atoms with Crippen LogP contribution in [-0.4, -0.2) is 29.1 Å². The van der Waals surface area contributed by atoms with Gasteiger partial charge in [0, 0.05) is 31.7 Å². The van der Waals surface area contributed by atoms with Crippen LogP contribution in [0.25, 0.3) is 0 Å². The van der Waals surface area contributed by atoms with Crippen molar-refractivity contribution in [3.05, 3.63) is 47.8 Å². The molecule has 0 fully saturated rings. The second kappa shape index (κ2) is 9.40. The largest absolute Gasteiger partial charge is 0.356 e. The van der Waals surface area contributed by atoms with Crippen molar-refractivity contribution in [1.82, 2.24) is 9.97 Å². The summed E-state index contributed by atoms with van der Waals surface area (Å²) in [6, 6.07) is 13.1. The maximum atomic E-state index is 4.74. The van der Waals surface area contributed by atoms with E-state index >= 15 is 0 Å². The molecule has 0 aliphatic rings. The number of aryl methyl sites for hydroxylation is 1. The summed E-state index contributed by atoms with van der Waals surface area (Å²) in [7, 11) is 0. The molecule has 1 aromatic carbocycles. The molecule has 2 rings (SSSR count). The van der Waals surface area contributed by atoms with Crippen LogP contribution in [0.15, 0.2) is 36.4 Å². The molecule has 2 aromatic rings. The molecule has 0 unspecified atom stereocenters. The van der Waals surface area contributed by atoms with Crippen molar-refractivity contribution in [2.75, 3.05) is 22.9 Å². The molecular weight excluding hydrogens is 308 g/mol. The Labute approximate surface area is 152 Å². The van der Waals surface area contributed by atoms with Gasteiger partial charge >= 0.3 is 0 Å². The van der Waals surface area contributed by atoms with Gasteiger partial charge in [0.05, 0.1) is 0 Å². The molecule has 4 heteroatoms. The van der Waals surface area contributed by atoms with Gasteiger partial charge in [0.2, 0.25) is 0 Å². The molecule has 0 saturated carbocycles. The van der Waals surface area contributed by atoms with Gasteiger partial charge in [-0.15, -0.1) is 0 Å². The van der Waals surface area contributed by atoms with E-state index in [1.165, 1.54) is 5.56 Å². The molecule has 0 spiro atoms. The van der Waals surface area contributed by atoms with E-state index in [0.29, 0.717) is 6.04 Å². The highest BCUT2D eigenvalue weighted by Crippen LogP contribution is 2.23. The van der Waals surface area contributed by atoms with Crippen molar-refractivity contribution >= 4 is 11.6 Å². The minimum absolute atomic E-state index is 0.369. The first kappa shape index (κ1) is 19.2. The van der Waals surface area contributed by atoms with Gasteiger partial charge in [-0.05, 0) is 39.2 Å². The SMILES string of the molecule is CCCN(CCC)c1cc(N(Cc2ccccc2)C(C)C)nc(C)n1. The van der Waals surface area contributed by atoms with E-state index in [2.05, 4.69) is 73.9 Å². The van der Waals surface area contributed by atoms with Crippen LogP contribution in [0.3, 0.4) is 0 Å². The minimum atomic E-state index is 0.369. The predicted octanol–water partition coefficient (Wildman–Crippen LogP) is 4.83. The summed E-state index contributed by atoms with van der Waals surface area (Å²) in [5.74, 6) is 2.90. The second-order valence-electron chi connectivity index (χ2n) is 6.83. The highest BCUT2D eigenvalue weighted by Gasteiger charge is 2.16. The van der Waals surface area contributed by atoms with Crippen molar-refractivity contribution in [2.24, 2.45) is 0 Å². The summed E-state index contributed by atoms with van der Waals surface area (Å²) in [5, 5.41) is 0. The molecule has 0 N–H and O–H groups in total. The first-order valence-corrected chi connectivity index (χ1v) is 9.46. The van der Waals surface area contributed by atoms with E-state index in [9.17, 15) is 0 Å². The molecule has 25 heavy (non-hydrogen) atoms. The first-order valence-electron chi connectivity index (χ1n) is 9.46. The molecule has 0 aliphatic carbocycles. The van der Waals surface area contributed by atoms with Crippen molar-refractivity contribution in [2.45, 2.75) is 60.0 Å². The zero-order valence-corrected chi connectivity index (χ0v) is 16.4. The molecule has 0 aliphatic heterocycles. The summed E-state index contributed by atoms with van der Waals surface area (Å²) < 4.78 is 0. The van der Waals surface area contributed by atoms with E-state index in [4.69, 9.17) is 9.97 Å². The molecule has 0 radical (unpaired) electrons. The fourth-order valence-corrected chi connectivity index (χ4v) is 3.03. The number of hydrogen-bond acceptors (Lipinski definition) is 4. The summed E-state index contributed by atoms with van der Waals surface area (Å²) in [5.41, 5.74) is 1.30. The predicted molar refractivity (Wildman–Crippen MR) is 107 cm³/mol. The van der Waals surface area contributed by atoms with Crippen LogP contribution in [0.4, 0.5) is 11.6 Å². The van der Waals surface area contributed by atoms with Gasteiger partial charge in [-0.3, -0.25) is 0 Å². The Bertz CT molecular complexity index is 634. The van der Waals surface area contributed by atoms with Crippen LogP contribution in [0.1, 0.15) is 51.9 Å². The highest BCUT2D eigenvalue weighted by atomic mass is 15.2. The van der Waals surface area contributed by atoms with Gasteiger partial charge in [0.25, 0.3) is 0 Å². The fraction of sp³-hybridized carbons (Fsp3) is 0.524. The zero-order valence-electron chi connectivity index (χ0n) is 16.4. The van der Waals surface area contributed by atoms with Gasteiger partial charge in [-0.25, -0.2) is 9.97 Å². The van der Waals surface area contributed by atoms with E-state index in [1.54, 1.807) is 0 Å². The molecule has 0 amide bonds. The van der Waals surface area contributed by atoms with Gasteiger partial charge in [0.1, 0.15) is 17.5 Å². The lowest BCUT2D eigenvalue weighted by Gasteiger charge is -2.30. The molecule has 136 valence electrons. The van der Waals surface area contributed by atoms with Gasteiger partial charge < -0.3 is 9.80 Å². The number of aromatic nitrogens is 2. The third-order valence-corrected chi connectivity index (χ3v) is 4.24. The van der Waals surface area contributed by atoms with Crippen LogP contribution in [0.5, 0.6) is 0 Å². The summed E-state index contributed by atoms with van der Waals surface area (Å²) in [4.78, 5) is 14.2. The third kappa shape index (κ3) is 5.45. The number of nitrogens with zero attached hydrogens (tertiary/aromatic N) is 4. The van der Waals surface area contributed by atoms with Crippen LogP contribution in [0, 0.1) is 6.92 Å². The topological polar surface area (TPSA) is 32.3 Å². The maximum Gasteiger partial charge on any atom is 0.134 e. The Hall–Kier alpha value is -2.10.